The van der Waals surface area contributed by atoms with Crippen LogP contribution in [0.15, 0.2) is 28.0 Å². The zero-order valence-corrected chi connectivity index (χ0v) is 12.4. The Morgan fingerprint density at radius 1 is 1.50 bits per heavy atom. The quantitative estimate of drug-likeness (QED) is 0.487. The van der Waals surface area contributed by atoms with E-state index in [2.05, 4.69) is 4.18 Å². The summed E-state index contributed by atoms with van der Waals surface area (Å²) in [4.78, 5) is 8.09. The van der Waals surface area contributed by atoms with Crippen LogP contribution in [-0.4, -0.2) is 25.9 Å². The fourth-order valence-electron chi connectivity index (χ4n) is 1.06. The smallest absolute Gasteiger partial charge is 0.213 e. The second kappa shape index (κ2) is 6.83. The Balaban J connectivity index is 3.17. The maximum atomic E-state index is 13.6. The lowest BCUT2D eigenvalue weighted by atomic mass is 10.3. The highest BCUT2D eigenvalue weighted by atomic mass is 33.1. The third-order valence-corrected chi connectivity index (χ3v) is 5.39. The minimum atomic E-state index is -4.39. The molecule has 1 aromatic carbocycles. The van der Waals surface area contributed by atoms with Crippen LogP contribution >= 0.6 is 29.6 Å². The molecule has 0 aliphatic heterocycles. The Labute approximate surface area is 113 Å². The number of hydrogen-bond acceptors (Lipinski definition) is 6. The standard InChI is InChI=1S/C8H8FO5PS3/c1-16-17-7-4-2-3-6(9)8(7)18(12,13)14-5-15(10)11/h2-4H,5H2,1H3/p+1. The summed E-state index contributed by atoms with van der Waals surface area (Å²) in [6, 6.07) is 3.79. The molecule has 0 bridgehead atoms. The van der Waals surface area contributed by atoms with E-state index in [1.54, 1.807) is 6.26 Å². The maximum Gasteiger partial charge on any atom is 0.535 e. The van der Waals surface area contributed by atoms with Crippen LogP contribution in [0.25, 0.3) is 0 Å². The van der Waals surface area contributed by atoms with Gasteiger partial charge in [-0.05, 0) is 23.0 Å². The molecule has 1 aromatic rings. The van der Waals surface area contributed by atoms with Crippen molar-refractivity contribution in [2.24, 2.45) is 0 Å². The summed E-state index contributed by atoms with van der Waals surface area (Å²) >= 11 is 0. The third-order valence-electron chi connectivity index (χ3n) is 1.67. The molecule has 0 spiro atoms. The van der Waals surface area contributed by atoms with Gasteiger partial charge in [-0.2, -0.15) is 13.3 Å². The van der Waals surface area contributed by atoms with Crippen LogP contribution < -0.4 is 0 Å². The molecule has 1 N–H and O–H groups in total. The molecule has 1 atom stereocenters. The van der Waals surface area contributed by atoms with Gasteiger partial charge >= 0.3 is 18.1 Å². The summed E-state index contributed by atoms with van der Waals surface area (Å²) in [6.45, 7) is 0. The van der Waals surface area contributed by atoms with E-state index in [0.29, 0.717) is 0 Å². The minimum Gasteiger partial charge on any atom is -0.213 e. The molecule has 1 rings (SSSR count). The number of halogens is 1. The zero-order chi connectivity index (χ0) is 13.8. The van der Waals surface area contributed by atoms with Crippen molar-refractivity contribution in [1.82, 2.24) is 0 Å². The normalized spacial score (nSPS) is 12.5. The molecular weight excluding hydrogens is 322 g/mol. The van der Waals surface area contributed by atoms with E-state index < -0.39 is 35.2 Å². The first-order valence-corrected chi connectivity index (χ1v) is 9.77. The van der Waals surface area contributed by atoms with Crippen molar-refractivity contribution in [1.29, 1.82) is 0 Å². The number of hydrogen-bond donors (Lipinski definition) is 1. The molecule has 0 radical (unpaired) electrons. The largest absolute Gasteiger partial charge is 0.535 e. The molecule has 0 aliphatic carbocycles. The fraction of sp³-hybridized carbons (Fsp3) is 0.250. The summed E-state index contributed by atoms with van der Waals surface area (Å²) in [5.41, 5.74) is 0. The van der Waals surface area contributed by atoms with Crippen molar-refractivity contribution >= 4 is 39.7 Å². The molecule has 1 unspecified atom stereocenters. The van der Waals surface area contributed by atoms with E-state index in [4.69, 9.17) is 4.89 Å². The first-order chi connectivity index (χ1) is 8.38. The summed E-state index contributed by atoms with van der Waals surface area (Å²) in [5, 5.41) is 0. The third kappa shape index (κ3) is 4.18. The van der Waals surface area contributed by atoms with Crippen molar-refractivity contribution in [3.8, 4) is 0 Å². The van der Waals surface area contributed by atoms with Crippen LogP contribution in [0, 0.1) is 5.82 Å². The average molecular weight is 331 g/mol. The Kier molecular flexibility index (Phi) is 6.03. The SMILES string of the molecule is CSSc1cccc(F)c1S(=O)(=O)OC[P+](=O)O. The van der Waals surface area contributed by atoms with Gasteiger partial charge in [0.1, 0.15) is 10.7 Å². The molecule has 0 saturated heterocycles. The second-order valence-corrected chi connectivity index (χ2v) is 7.82. The summed E-state index contributed by atoms with van der Waals surface area (Å²) in [6.07, 6.45) is 0.812. The average Bonchev–Trinajstić information content (AvgIpc) is 2.27. The van der Waals surface area contributed by atoms with E-state index in [1.165, 1.54) is 22.9 Å². The molecule has 0 aliphatic rings. The molecular formula is C8H9FO5PS3+. The highest BCUT2D eigenvalue weighted by molar-refractivity contribution is 8.76. The minimum absolute atomic E-state index is 0.177. The lowest BCUT2D eigenvalue weighted by Crippen LogP contribution is -2.09. The van der Waals surface area contributed by atoms with E-state index >= 15 is 0 Å². The summed E-state index contributed by atoms with van der Waals surface area (Å²) < 4.78 is 51.8. The highest BCUT2D eigenvalue weighted by Gasteiger charge is 2.28. The van der Waals surface area contributed by atoms with E-state index in [1.807, 2.05) is 0 Å². The van der Waals surface area contributed by atoms with Gasteiger partial charge in [0.2, 0.25) is 0 Å². The summed E-state index contributed by atoms with van der Waals surface area (Å²) in [7, 11) is -4.86. The molecule has 5 nitrogen and oxygen atoms in total. The predicted molar refractivity (Wildman–Crippen MR) is 68.7 cm³/mol. The highest BCUT2D eigenvalue weighted by Crippen LogP contribution is 2.36. The number of rotatable bonds is 6. The molecule has 18 heavy (non-hydrogen) atoms. The Hall–Kier alpha value is -0.180. The van der Waals surface area contributed by atoms with Gasteiger partial charge in [-0.25, -0.2) is 8.57 Å². The maximum absolute atomic E-state index is 13.6. The van der Waals surface area contributed by atoms with E-state index in [0.717, 1.165) is 16.9 Å². The van der Waals surface area contributed by atoms with Gasteiger partial charge in [0, 0.05) is 4.90 Å². The molecule has 0 saturated carbocycles. The van der Waals surface area contributed by atoms with Crippen LogP contribution in [-0.2, 0) is 18.9 Å². The zero-order valence-electron chi connectivity index (χ0n) is 9.07. The van der Waals surface area contributed by atoms with Gasteiger partial charge in [0.15, 0.2) is 0 Å². The monoisotopic (exact) mass is 331 g/mol. The van der Waals surface area contributed by atoms with Crippen molar-refractivity contribution in [2.45, 2.75) is 9.79 Å². The Morgan fingerprint density at radius 3 is 2.72 bits per heavy atom. The fourth-order valence-corrected chi connectivity index (χ4v) is 4.75. The topological polar surface area (TPSA) is 80.7 Å². The lowest BCUT2D eigenvalue weighted by molar-refractivity contribution is 0.351. The molecule has 0 heterocycles. The van der Waals surface area contributed by atoms with Crippen LogP contribution in [0.1, 0.15) is 0 Å². The van der Waals surface area contributed by atoms with Gasteiger partial charge in [-0.3, -0.25) is 0 Å². The molecule has 100 valence electrons. The van der Waals surface area contributed by atoms with Crippen molar-refractivity contribution < 1.29 is 26.4 Å². The van der Waals surface area contributed by atoms with Gasteiger partial charge < -0.3 is 0 Å². The van der Waals surface area contributed by atoms with Crippen molar-refractivity contribution in [2.75, 3.05) is 12.6 Å². The van der Waals surface area contributed by atoms with Crippen LogP contribution in [0.5, 0.6) is 0 Å². The second-order valence-electron chi connectivity index (χ2n) is 2.87. The van der Waals surface area contributed by atoms with Gasteiger partial charge in [-0.15, -0.1) is 0 Å². The molecule has 10 heteroatoms. The Morgan fingerprint density at radius 2 is 2.17 bits per heavy atom. The molecule has 0 aromatic heterocycles. The van der Waals surface area contributed by atoms with Crippen molar-refractivity contribution in [3.63, 3.8) is 0 Å². The number of benzene rings is 1. The summed E-state index contributed by atoms with van der Waals surface area (Å²) in [5.74, 6) is -0.956. The lowest BCUT2D eigenvalue weighted by Gasteiger charge is -2.07. The van der Waals surface area contributed by atoms with Crippen LogP contribution in [0.2, 0.25) is 0 Å². The Bertz CT molecular complexity index is 548. The molecule has 0 fully saturated rings. The predicted octanol–water partition coefficient (Wildman–Crippen LogP) is 2.59. The molecule has 0 amide bonds. The van der Waals surface area contributed by atoms with E-state index in [-0.39, 0.29) is 4.90 Å². The van der Waals surface area contributed by atoms with Gasteiger partial charge in [0.25, 0.3) is 6.35 Å². The first-order valence-electron chi connectivity index (χ1n) is 4.40. The van der Waals surface area contributed by atoms with Crippen LogP contribution in [0.4, 0.5) is 4.39 Å². The first kappa shape index (κ1) is 15.9. The van der Waals surface area contributed by atoms with Gasteiger partial charge in [-0.1, -0.05) is 27.7 Å². The van der Waals surface area contributed by atoms with E-state index in [9.17, 15) is 17.4 Å². The van der Waals surface area contributed by atoms with Crippen LogP contribution in [0.3, 0.4) is 0 Å². The van der Waals surface area contributed by atoms with Gasteiger partial charge in [0.05, 0.1) is 0 Å². The van der Waals surface area contributed by atoms with Crippen molar-refractivity contribution in [3.05, 3.63) is 24.0 Å².